The monoisotopic (exact) mass is 361 g/mol. The Labute approximate surface area is 158 Å². The van der Waals surface area contributed by atoms with Crippen LogP contribution in [0.15, 0.2) is 11.8 Å². The fraction of sp³-hybridized carbons (Fsp3) is 0.810. The molecule has 5 nitrogen and oxygen atoms in total. The van der Waals surface area contributed by atoms with Gasteiger partial charge in [0.15, 0.2) is 0 Å². The highest BCUT2D eigenvalue weighted by molar-refractivity contribution is 5.78. The maximum atomic E-state index is 12.6. The Morgan fingerprint density at radius 1 is 1.00 bits per heavy atom. The highest BCUT2D eigenvalue weighted by Crippen LogP contribution is 2.35. The SMILES string of the molecule is O=C(NCCCCC(=O)N1CCCC2CCCC=C21)NC1CCCCC1. The van der Waals surface area contributed by atoms with Crippen molar-refractivity contribution in [2.24, 2.45) is 5.92 Å². The van der Waals surface area contributed by atoms with Gasteiger partial charge in [-0.3, -0.25) is 4.79 Å². The van der Waals surface area contributed by atoms with E-state index in [4.69, 9.17) is 0 Å². The van der Waals surface area contributed by atoms with Gasteiger partial charge in [0.05, 0.1) is 0 Å². The molecule has 1 aliphatic heterocycles. The van der Waals surface area contributed by atoms with Crippen LogP contribution < -0.4 is 10.6 Å². The van der Waals surface area contributed by atoms with Gasteiger partial charge in [-0.15, -0.1) is 0 Å². The number of likely N-dealkylation sites (tertiary alicyclic amines) is 1. The summed E-state index contributed by atoms with van der Waals surface area (Å²) in [5.41, 5.74) is 1.30. The Kier molecular flexibility index (Phi) is 7.39. The maximum absolute atomic E-state index is 12.6. The third-order valence-electron chi connectivity index (χ3n) is 6.12. The van der Waals surface area contributed by atoms with Crippen LogP contribution in [-0.4, -0.2) is 36.0 Å². The molecule has 0 radical (unpaired) electrons. The number of fused-ring (bicyclic) bond motifs is 1. The van der Waals surface area contributed by atoms with E-state index in [2.05, 4.69) is 21.6 Å². The predicted octanol–water partition coefficient (Wildman–Crippen LogP) is 4.10. The number of nitrogens with zero attached hydrogens (tertiary/aromatic N) is 1. The van der Waals surface area contributed by atoms with E-state index in [0.717, 1.165) is 45.1 Å². The van der Waals surface area contributed by atoms with E-state index >= 15 is 0 Å². The molecule has 2 N–H and O–H groups in total. The zero-order valence-corrected chi connectivity index (χ0v) is 16.1. The van der Waals surface area contributed by atoms with E-state index in [1.807, 2.05) is 0 Å². The Hall–Kier alpha value is -1.52. The normalized spacial score (nSPS) is 23.8. The summed E-state index contributed by atoms with van der Waals surface area (Å²) in [6.07, 6.45) is 16.6. The Morgan fingerprint density at radius 3 is 2.65 bits per heavy atom. The number of carbonyl (C=O) groups is 2. The summed E-state index contributed by atoms with van der Waals surface area (Å²) in [6.45, 7) is 1.54. The molecule has 1 saturated carbocycles. The zero-order chi connectivity index (χ0) is 18.2. The number of urea groups is 1. The second-order valence-corrected chi connectivity index (χ2v) is 8.14. The molecule has 3 rings (SSSR count). The van der Waals surface area contributed by atoms with E-state index in [1.165, 1.54) is 44.2 Å². The smallest absolute Gasteiger partial charge is 0.315 e. The number of nitrogens with one attached hydrogen (secondary N) is 2. The lowest BCUT2D eigenvalue weighted by atomic mass is 9.85. The van der Waals surface area contributed by atoms with Crippen molar-refractivity contribution in [2.75, 3.05) is 13.1 Å². The standard InChI is InChI=1S/C21H35N3O2/c25-20(24-16-8-10-17-9-4-5-13-19(17)24)14-6-7-15-22-21(26)23-18-11-2-1-3-12-18/h13,17-18H,1-12,14-16H2,(H2,22,23,26). The molecule has 0 aromatic carbocycles. The van der Waals surface area contributed by atoms with Crippen molar-refractivity contribution in [1.82, 2.24) is 15.5 Å². The molecular weight excluding hydrogens is 326 g/mol. The highest BCUT2D eigenvalue weighted by Gasteiger charge is 2.29. The van der Waals surface area contributed by atoms with Gasteiger partial charge in [-0.1, -0.05) is 25.3 Å². The lowest BCUT2D eigenvalue weighted by Crippen LogP contribution is -2.43. The van der Waals surface area contributed by atoms with Crippen molar-refractivity contribution >= 4 is 11.9 Å². The van der Waals surface area contributed by atoms with Crippen LogP contribution in [0.5, 0.6) is 0 Å². The summed E-state index contributed by atoms with van der Waals surface area (Å²) in [7, 11) is 0. The molecule has 146 valence electrons. The predicted molar refractivity (Wildman–Crippen MR) is 104 cm³/mol. The third kappa shape index (κ3) is 5.49. The summed E-state index contributed by atoms with van der Waals surface area (Å²) in [5, 5.41) is 6.01. The molecule has 2 aliphatic carbocycles. The summed E-state index contributed by atoms with van der Waals surface area (Å²) in [6, 6.07) is 0.301. The molecule has 26 heavy (non-hydrogen) atoms. The Morgan fingerprint density at radius 2 is 1.81 bits per heavy atom. The van der Waals surface area contributed by atoms with Crippen molar-refractivity contribution in [3.63, 3.8) is 0 Å². The quantitative estimate of drug-likeness (QED) is 0.700. The Bertz CT molecular complexity index is 511. The van der Waals surface area contributed by atoms with E-state index < -0.39 is 0 Å². The minimum absolute atomic E-state index is 0.0468. The van der Waals surface area contributed by atoms with Gasteiger partial charge in [0.1, 0.15) is 0 Å². The van der Waals surface area contributed by atoms with Gasteiger partial charge in [-0.25, -0.2) is 4.79 Å². The largest absolute Gasteiger partial charge is 0.338 e. The lowest BCUT2D eigenvalue weighted by Gasteiger charge is -2.38. The first kappa shape index (κ1) is 19.2. The van der Waals surface area contributed by atoms with Crippen LogP contribution >= 0.6 is 0 Å². The van der Waals surface area contributed by atoms with Gasteiger partial charge in [0.25, 0.3) is 0 Å². The highest BCUT2D eigenvalue weighted by atomic mass is 16.2. The van der Waals surface area contributed by atoms with Crippen molar-refractivity contribution in [3.8, 4) is 0 Å². The molecule has 0 bridgehead atoms. The molecule has 1 atom stereocenters. The molecular formula is C21H35N3O2. The molecule has 1 heterocycles. The van der Waals surface area contributed by atoms with Gasteiger partial charge >= 0.3 is 6.03 Å². The second kappa shape index (κ2) is 9.98. The van der Waals surface area contributed by atoms with E-state index in [1.54, 1.807) is 0 Å². The first-order valence-electron chi connectivity index (χ1n) is 10.8. The van der Waals surface area contributed by atoms with Gasteiger partial charge < -0.3 is 15.5 Å². The van der Waals surface area contributed by atoms with Gasteiger partial charge in [0, 0.05) is 31.2 Å². The van der Waals surface area contributed by atoms with Crippen LogP contribution in [0.2, 0.25) is 0 Å². The molecule has 0 aromatic heterocycles. The van der Waals surface area contributed by atoms with E-state index in [9.17, 15) is 9.59 Å². The third-order valence-corrected chi connectivity index (χ3v) is 6.12. The number of allylic oxidation sites excluding steroid dienone is 2. The maximum Gasteiger partial charge on any atom is 0.315 e. The summed E-state index contributed by atoms with van der Waals surface area (Å²) in [5.74, 6) is 0.890. The molecule has 0 aromatic rings. The van der Waals surface area contributed by atoms with Crippen LogP contribution in [0, 0.1) is 5.92 Å². The Balaban J connectivity index is 1.30. The molecule has 3 aliphatic rings. The summed E-state index contributed by atoms with van der Waals surface area (Å²) >= 11 is 0. The van der Waals surface area contributed by atoms with E-state index in [0.29, 0.717) is 24.9 Å². The number of amides is 3. The van der Waals surface area contributed by atoms with Crippen LogP contribution in [0.25, 0.3) is 0 Å². The fourth-order valence-electron chi connectivity index (χ4n) is 4.67. The minimum Gasteiger partial charge on any atom is -0.338 e. The van der Waals surface area contributed by atoms with Crippen LogP contribution in [0.3, 0.4) is 0 Å². The number of hydrogen-bond donors (Lipinski definition) is 2. The van der Waals surface area contributed by atoms with Crippen LogP contribution in [0.4, 0.5) is 4.79 Å². The number of unbranched alkanes of at least 4 members (excludes halogenated alkanes) is 1. The number of piperidine rings is 1. The van der Waals surface area contributed by atoms with Gasteiger partial charge in [-0.2, -0.15) is 0 Å². The lowest BCUT2D eigenvalue weighted by molar-refractivity contribution is -0.130. The molecule has 1 saturated heterocycles. The number of carbonyl (C=O) groups excluding carboxylic acids is 2. The first-order valence-corrected chi connectivity index (χ1v) is 10.8. The zero-order valence-electron chi connectivity index (χ0n) is 16.1. The fourth-order valence-corrected chi connectivity index (χ4v) is 4.67. The average Bonchev–Trinajstić information content (AvgIpc) is 2.68. The topological polar surface area (TPSA) is 61.4 Å². The minimum atomic E-state index is -0.0468. The molecule has 1 unspecified atom stereocenters. The van der Waals surface area contributed by atoms with Crippen LogP contribution in [0.1, 0.15) is 83.5 Å². The van der Waals surface area contributed by atoms with Crippen molar-refractivity contribution in [1.29, 1.82) is 0 Å². The van der Waals surface area contributed by atoms with Crippen LogP contribution in [-0.2, 0) is 4.79 Å². The first-order chi connectivity index (χ1) is 12.7. The number of rotatable bonds is 6. The van der Waals surface area contributed by atoms with Gasteiger partial charge in [-0.05, 0) is 63.7 Å². The molecule has 2 fully saturated rings. The van der Waals surface area contributed by atoms with Crippen molar-refractivity contribution in [3.05, 3.63) is 11.8 Å². The van der Waals surface area contributed by atoms with E-state index in [-0.39, 0.29) is 11.9 Å². The average molecular weight is 362 g/mol. The summed E-state index contributed by atoms with van der Waals surface area (Å²) < 4.78 is 0. The second-order valence-electron chi connectivity index (χ2n) is 8.14. The molecule has 3 amide bonds. The summed E-state index contributed by atoms with van der Waals surface area (Å²) in [4.78, 5) is 26.6. The molecule has 5 heteroatoms. The van der Waals surface area contributed by atoms with Crippen molar-refractivity contribution < 1.29 is 9.59 Å². The van der Waals surface area contributed by atoms with Crippen molar-refractivity contribution in [2.45, 2.75) is 89.5 Å². The number of hydrogen-bond acceptors (Lipinski definition) is 2. The molecule has 0 spiro atoms. The van der Waals surface area contributed by atoms with Gasteiger partial charge in [0.2, 0.25) is 5.91 Å².